The molecule has 0 aromatic heterocycles. The Kier molecular flexibility index (Phi) is 7.96. The van der Waals surface area contributed by atoms with Gasteiger partial charge in [0.1, 0.15) is 5.60 Å². The quantitative estimate of drug-likeness (QED) is 0.593. The molecule has 0 radical (unpaired) electrons. The number of piperazine rings is 1. The first-order valence-electron chi connectivity index (χ1n) is 11.1. The van der Waals surface area contributed by atoms with Crippen molar-refractivity contribution >= 4 is 45.3 Å². The molecule has 2 aliphatic rings. The maximum Gasteiger partial charge on any atom is 0.410 e. The summed E-state index contributed by atoms with van der Waals surface area (Å²) in [5.74, 6) is -0.200. The van der Waals surface area contributed by atoms with Gasteiger partial charge in [0.05, 0.1) is 22.3 Å². The van der Waals surface area contributed by atoms with Crippen LogP contribution in [0.1, 0.15) is 32.3 Å². The zero-order valence-electron chi connectivity index (χ0n) is 20.1. The van der Waals surface area contributed by atoms with Gasteiger partial charge in [0.15, 0.2) is 0 Å². The fraction of sp³-hybridized carbons (Fsp3) is 0.636. The standard InChI is InChI=1S/C22H32Cl2N4O5S/c1-22(2,3)33-21(30)25(4)19-14-27(13-16(19)15-6-7-17(23)18(24)12-15)20(29)26-8-10-28(11-9-26)34(5,31)32/h6-7,12,16,19H,8-11,13-14H2,1-5H3/t16-,19+/m0/s1. The van der Waals surface area contributed by atoms with Crippen LogP contribution in [0.5, 0.6) is 0 Å². The molecule has 1 aromatic carbocycles. The molecular weight excluding hydrogens is 503 g/mol. The molecule has 0 bridgehead atoms. The average Bonchev–Trinajstić information content (AvgIpc) is 3.18. The Morgan fingerprint density at radius 2 is 1.65 bits per heavy atom. The van der Waals surface area contributed by atoms with Crippen LogP contribution >= 0.6 is 23.2 Å². The molecule has 0 N–H and O–H groups in total. The average molecular weight is 535 g/mol. The molecule has 3 rings (SSSR count). The Labute approximate surface area is 211 Å². The number of likely N-dealkylation sites (tertiary alicyclic amines) is 1. The number of ether oxygens (including phenoxy) is 1. The third-order valence-corrected chi connectivity index (χ3v) is 8.13. The van der Waals surface area contributed by atoms with E-state index in [0.29, 0.717) is 36.2 Å². The van der Waals surface area contributed by atoms with Crippen molar-refractivity contribution in [2.75, 3.05) is 52.6 Å². The normalized spacial score (nSPS) is 22.1. The third-order valence-electron chi connectivity index (χ3n) is 6.09. The van der Waals surface area contributed by atoms with E-state index < -0.39 is 21.7 Å². The van der Waals surface area contributed by atoms with Crippen molar-refractivity contribution in [3.8, 4) is 0 Å². The summed E-state index contributed by atoms with van der Waals surface area (Å²) in [5, 5.41) is 0.830. The summed E-state index contributed by atoms with van der Waals surface area (Å²) in [6.45, 7) is 7.23. The van der Waals surface area contributed by atoms with Gasteiger partial charge in [-0.2, -0.15) is 4.31 Å². The zero-order valence-corrected chi connectivity index (χ0v) is 22.5. The van der Waals surface area contributed by atoms with Gasteiger partial charge in [-0.3, -0.25) is 0 Å². The molecule has 1 aromatic rings. The number of nitrogens with zero attached hydrogens (tertiary/aromatic N) is 4. The van der Waals surface area contributed by atoms with Crippen LogP contribution in [0.2, 0.25) is 10.0 Å². The Hall–Kier alpha value is -1.75. The van der Waals surface area contributed by atoms with Crippen molar-refractivity contribution in [3.05, 3.63) is 33.8 Å². The first-order valence-corrected chi connectivity index (χ1v) is 13.7. The molecule has 12 heteroatoms. The zero-order chi connectivity index (χ0) is 25.4. The Morgan fingerprint density at radius 3 is 2.18 bits per heavy atom. The number of benzene rings is 1. The van der Waals surface area contributed by atoms with E-state index in [1.807, 2.05) is 6.07 Å². The second kappa shape index (κ2) is 10.1. The molecule has 2 aliphatic heterocycles. The van der Waals surface area contributed by atoms with E-state index >= 15 is 0 Å². The number of hydrogen-bond donors (Lipinski definition) is 0. The summed E-state index contributed by atoms with van der Waals surface area (Å²) in [5.41, 5.74) is 0.213. The summed E-state index contributed by atoms with van der Waals surface area (Å²) in [6, 6.07) is 4.81. The molecule has 34 heavy (non-hydrogen) atoms. The van der Waals surface area contributed by atoms with Gasteiger partial charge < -0.3 is 19.4 Å². The summed E-state index contributed by atoms with van der Waals surface area (Å²) in [4.78, 5) is 31.1. The number of carbonyl (C=O) groups excluding carboxylic acids is 2. The van der Waals surface area contributed by atoms with Crippen LogP contribution in [0, 0.1) is 0 Å². The highest BCUT2D eigenvalue weighted by Crippen LogP contribution is 2.35. The van der Waals surface area contributed by atoms with Crippen molar-refractivity contribution in [2.24, 2.45) is 0 Å². The molecule has 2 saturated heterocycles. The van der Waals surface area contributed by atoms with E-state index in [0.717, 1.165) is 5.56 Å². The highest BCUT2D eigenvalue weighted by molar-refractivity contribution is 7.88. The minimum Gasteiger partial charge on any atom is -0.444 e. The number of likely N-dealkylation sites (N-methyl/N-ethyl adjacent to an activating group) is 1. The summed E-state index contributed by atoms with van der Waals surface area (Å²) in [7, 11) is -1.62. The minimum absolute atomic E-state index is 0.182. The molecule has 9 nitrogen and oxygen atoms in total. The number of hydrogen-bond acceptors (Lipinski definition) is 5. The number of halogens is 2. The lowest BCUT2D eigenvalue weighted by Gasteiger charge is -2.35. The maximum absolute atomic E-state index is 13.3. The van der Waals surface area contributed by atoms with Crippen molar-refractivity contribution in [1.29, 1.82) is 0 Å². The van der Waals surface area contributed by atoms with E-state index in [2.05, 4.69) is 0 Å². The fourth-order valence-corrected chi connectivity index (χ4v) is 5.42. The molecule has 2 atom stereocenters. The van der Waals surface area contributed by atoms with Crippen molar-refractivity contribution in [3.63, 3.8) is 0 Å². The smallest absolute Gasteiger partial charge is 0.410 e. The van der Waals surface area contributed by atoms with Crippen molar-refractivity contribution in [2.45, 2.75) is 38.3 Å². The summed E-state index contributed by atoms with van der Waals surface area (Å²) < 4.78 is 30.5. The Morgan fingerprint density at radius 1 is 1.03 bits per heavy atom. The van der Waals surface area contributed by atoms with Crippen molar-refractivity contribution in [1.82, 2.24) is 19.0 Å². The van der Waals surface area contributed by atoms with Crippen molar-refractivity contribution < 1.29 is 22.7 Å². The second-order valence-electron chi connectivity index (χ2n) is 9.78. The first-order chi connectivity index (χ1) is 15.7. The third kappa shape index (κ3) is 6.27. The summed E-state index contributed by atoms with van der Waals surface area (Å²) >= 11 is 12.4. The summed E-state index contributed by atoms with van der Waals surface area (Å²) in [6.07, 6.45) is 0.697. The lowest BCUT2D eigenvalue weighted by Crippen LogP contribution is -2.53. The lowest BCUT2D eigenvalue weighted by atomic mass is 9.93. The second-order valence-corrected chi connectivity index (χ2v) is 12.6. The van der Waals surface area contributed by atoms with E-state index in [-0.39, 0.29) is 31.1 Å². The minimum atomic E-state index is -3.29. The van der Waals surface area contributed by atoms with Crippen LogP contribution in [0.3, 0.4) is 0 Å². The van der Waals surface area contributed by atoms with Crippen LogP contribution in [-0.4, -0.2) is 104 Å². The molecule has 0 unspecified atom stereocenters. The molecule has 0 saturated carbocycles. The Bertz CT molecular complexity index is 1040. The van der Waals surface area contributed by atoms with Gasteiger partial charge in [0.25, 0.3) is 0 Å². The van der Waals surface area contributed by atoms with Gasteiger partial charge in [0, 0.05) is 52.2 Å². The molecule has 190 valence electrons. The van der Waals surface area contributed by atoms with Crippen LogP contribution in [-0.2, 0) is 14.8 Å². The van der Waals surface area contributed by atoms with Crippen LogP contribution in [0.4, 0.5) is 9.59 Å². The predicted octanol–water partition coefficient (Wildman–Crippen LogP) is 3.33. The largest absolute Gasteiger partial charge is 0.444 e. The molecular formula is C22H32Cl2N4O5S. The number of rotatable bonds is 3. The van der Waals surface area contributed by atoms with E-state index in [1.165, 1.54) is 15.5 Å². The van der Waals surface area contributed by atoms with E-state index in [4.69, 9.17) is 27.9 Å². The maximum atomic E-state index is 13.3. The number of sulfonamides is 1. The van der Waals surface area contributed by atoms with Gasteiger partial charge in [-0.05, 0) is 38.5 Å². The molecule has 2 heterocycles. The van der Waals surface area contributed by atoms with Crippen LogP contribution in [0.15, 0.2) is 18.2 Å². The molecule has 3 amide bonds. The van der Waals surface area contributed by atoms with Crippen LogP contribution < -0.4 is 0 Å². The van der Waals surface area contributed by atoms with Gasteiger partial charge in [-0.1, -0.05) is 29.3 Å². The Balaban J connectivity index is 1.80. The molecule has 0 aliphatic carbocycles. The molecule has 2 fully saturated rings. The first kappa shape index (κ1) is 26.8. The van der Waals surface area contributed by atoms with Crippen LogP contribution in [0.25, 0.3) is 0 Å². The van der Waals surface area contributed by atoms with Gasteiger partial charge in [-0.25, -0.2) is 18.0 Å². The predicted molar refractivity (Wildman–Crippen MR) is 132 cm³/mol. The fourth-order valence-electron chi connectivity index (χ4n) is 4.29. The topological polar surface area (TPSA) is 90.5 Å². The molecule has 0 spiro atoms. The van der Waals surface area contributed by atoms with Gasteiger partial charge in [-0.15, -0.1) is 0 Å². The van der Waals surface area contributed by atoms with E-state index in [9.17, 15) is 18.0 Å². The number of amides is 3. The number of urea groups is 1. The number of carbonyl (C=O) groups is 2. The lowest BCUT2D eigenvalue weighted by molar-refractivity contribution is 0.0217. The van der Waals surface area contributed by atoms with Gasteiger partial charge in [0.2, 0.25) is 10.0 Å². The van der Waals surface area contributed by atoms with Gasteiger partial charge >= 0.3 is 12.1 Å². The monoisotopic (exact) mass is 534 g/mol. The highest BCUT2D eigenvalue weighted by Gasteiger charge is 2.42. The van der Waals surface area contributed by atoms with E-state index in [1.54, 1.807) is 49.8 Å². The highest BCUT2D eigenvalue weighted by atomic mass is 35.5. The SMILES string of the molecule is CN(C(=O)OC(C)(C)C)[C@@H]1CN(C(=O)N2CCN(S(C)(=O)=O)CC2)C[C@H]1c1ccc(Cl)c(Cl)c1.